The molecule has 0 spiro atoms. The number of para-hydroxylation sites is 1. The van der Waals surface area contributed by atoms with Crippen LogP contribution in [0.1, 0.15) is 25.8 Å². The van der Waals surface area contributed by atoms with Gasteiger partial charge in [0.2, 0.25) is 6.41 Å². The number of aliphatic imine (C=N–C) groups is 1. The summed E-state index contributed by atoms with van der Waals surface area (Å²) in [5.41, 5.74) is 10.5. The first-order valence-electron chi connectivity index (χ1n) is 9.15. The third-order valence-corrected chi connectivity index (χ3v) is 4.70. The molecule has 27 heavy (non-hydrogen) atoms. The minimum absolute atomic E-state index is 0.0748. The summed E-state index contributed by atoms with van der Waals surface area (Å²) >= 11 is 0. The van der Waals surface area contributed by atoms with Crippen molar-refractivity contribution in [1.29, 1.82) is 0 Å². The van der Waals surface area contributed by atoms with Crippen molar-refractivity contribution in [2.24, 2.45) is 16.6 Å². The van der Waals surface area contributed by atoms with E-state index in [9.17, 15) is 4.79 Å². The lowest BCUT2D eigenvalue weighted by Crippen LogP contribution is -2.29. The quantitative estimate of drug-likeness (QED) is 0.393. The molecule has 0 bridgehead atoms. The number of rotatable bonds is 6. The average molecular weight is 360 g/mol. The Hall–Kier alpha value is -3.21. The van der Waals surface area contributed by atoms with E-state index in [1.165, 1.54) is 0 Å². The number of amides is 1. The van der Waals surface area contributed by atoms with Crippen LogP contribution in [0.4, 0.5) is 5.69 Å². The molecule has 2 aromatic carbocycles. The minimum Gasteiger partial charge on any atom is -0.369 e. The van der Waals surface area contributed by atoms with Gasteiger partial charge in [-0.15, -0.1) is 0 Å². The molecule has 0 saturated heterocycles. The van der Waals surface area contributed by atoms with E-state index in [1.54, 1.807) is 0 Å². The standard InChI is InChI=1S/C22H24N4O/c1-3-15(2)13-18-20(16-9-5-4-6-10-16)25-19-12-8-7-11-17(19)21(18)26-22(23)24-14-27/h4-12,14-15H,3,13H2,1-2H3,(H3,23,24,25,26,27). The third kappa shape index (κ3) is 4.14. The molecule has 3 aromatic rings. The van der Waals surface area contributed by atoms with E-state index in [4.69, 9.17) is 10.7 Å². The van der Waals surface area contributed by atoms with E-state index < -0.39 is 0 Å². The van der Waals surface area contributed by atoms with Crippen molar-refractivity contribution >= 4 is 29.0 Å². The number of fused-ring (bicyclic) bond motifs is 1. The molecule has 0 aliphatic rings. The number of guanidine groups is 1. The summed E-state index contributed by atoms with van der Waals surface area (Å²) in [6.07, 6.45) is 2.41. The summed E-state index contributed by atoms with van der Waals surface area (Å²) in [6.45, 7) is 4.39. The second kappa shape index (κ2) is 8.45. The second-order valence-electron chi connectivity index (χ2n) is 6.65. The summed E-state index contributed by atoms with van der Waals surface area (Å²) in [4.78, 5) is 20.3. The molecule has 0 saturated carbocycles. The van der Waals surface area contributed by atoms with E-state index in [-0.39, 0.29) is 5.96 Å². The summed E-state index contributed by atoms with van der Waals surface area (Å²) in [7, 11) is 0. The van der Waals surface area contributed by atoms with Crippen LogP contribution in [0.25, 0.3) is 22.2 Å². The van der Waals surface area contributed by atoms with Crippen molar-refractivity contribution in [2.45, 2.75) is 26.7 Å². The zero-order valence-corrected chi connectivity index (χ0v) is 15.6. The van der Waals surface area contributed by atoms with Gasteiger partial charge in [0.05, 0.1) is 16.9 Å². The Morgan fingerprint density at radius 3 is 2.59 bits per heavy atom. The van der Waals surface area contributed by atoms with E-state index in [1.807, 2.05) is 42.5 Å². The van der Waals surface area contributed by atoms with Crippen molar-refractivity contribution in [3.63, 3.8) is 0 Å². The van der Waals surface area contributed by atoms with Gasteiger partial charge in [0.25, 0.3) is 0 Å². The fraction of sp³-hybridized carbons (Fsp3) is 0.227. The van der Waals surface area contributed by atoms with Crippen LogP contribution in [0.15, 0.2) is 59.6 Å². The number of nitrogens with zero attached hydrogens (tertiary/aromatic N) is 2. The fourth-order valence-corrected chi connectivity index (χ4v) is 3.10. The lowest BCUT2D eigenvalue weighted by Gasteiger charge is -2.18. The number of benzene rings is 2. The molecule has 1 atom stereocenters. The number of carbonyl (C=O) groups is 1. The first kappa shape index (κ1) is 18.6. The molecule has 0 aliphatic carbocycles. The summed E-state index contributed by atoms with van der Waals surface area (Å²) < 4.78 is 0. The van der Waals surface area contributed by atoms with Crippen LogP contribution in [0.5, 0.6) is 0 Å². The molecule has 1 amide bonds. The van der Waals surface area contributed by atoms with Crippen LogP contribution in [0.3, 0.4) is 0 Å². The third-order valence-electron chi connectivity index (χ3n) is 4.70. The van der Waals surface area contributed by atoms with Gasteiger partial charge in [-0.25, -0.2) is 9.98 Å². The molecular weight excluding hydrogens is 336 g/mol. The van der Waals surface area contributed by atoms with Gasteiger partial charge in [0, 0.05) is 16.5 Å². The smallest absolute Gasteiger partial charge is 0.213 e. The summed E-state index contributed by atoms with van der Waals surface area (Å²) in [5.74, 6) is 0.537. The Balaban J connectivity index is 2.34. The van der Waals surface area contributed by atoms with Crippen LogP contribution in [0.2, 0.25) is 0 Å². The Morgan fingerprint density at radius 1 is 1.19 bits per heavy atom. The maximum atomic E-state index is 10.8. The predicted molar refractivity (Wildman–Crippen MR) is 111 cm³/mol. The molecule has 1 heterocycles. The second-order valence-corrected chi connectivity index (χ2v) is 6.65. The monoisotopic (exact) mass is 360 g/mol. The molecular formula is C22H24N4O. The molecule has 5 heteroatoms. The summed E-state index contributed by atoms with van der Waals surface area (Å²) in [5, 5.41) is 3.36. The Kier molecular flexibility index (Phi) is 5.81. The normalized spacial score (nSPS) is 12.7. The van der Waals surface area contributed by atoms with Crippen LogP contribution >= 0.6 is 0 Å². The highest BCUT2D eigenvalue weighted by Gasteiger charge is 2.18. The molecule has 3 rings (SSSR count). The largest absolute Gasteiger partial charge is 0.369 e. The Morgan fingerprint density at radius 2 is 1.89 bits per heavy atom. The van der Waals surface area contributed by atoms with Crippen LogP contribution in [-0.2, 0) is 11.2 Å². The van der Waals surface area contributed by atoms with Crippen molar-refractivity contribution in [2.75, 3.05) is 0 Å². The predicted octanol–water partition coefficient (Wildman–Crippen LogP) is 4.18. The van der Waals surface area contributed by atoms with Gasteiger partial charge < -0.3 is 5.73 Å². The Labute approximate surface area is 159 Å². The number of nitrogens with one attached hydrogen (secondary N) is 1. The average Bonchev–Trinajstić information content (AvgIpc) is 2.70. The molecule has 1 aromatic heterocycles. The highest BCUT2D eigenvalue weighted by atomic mass is 16.1. The maximum Gasteiger partial charge on any atom is 0.213 e. The highest BCUT2D eigenvalue weighted by Crippen LogP contribution is 2.37. The van der Waals surface area contributed by atoms with E-state index in [0.29, 0.717) is 12.3 Å². The zero-order valence-electron chi connectivity index (χ0n) is 15.6. The first-order chi connectivity index (χ1) is 13.1. The number of hydrogen-bond donors (Lipinski definition) is 2. The molecule has 3 N–H and O–H groups in total. The van der Waals surface area contributed by atoms with Gasteiger partial charge in [-0.3, -0.25) is 10.1 Å². The van der Waals surface area contributed by atoms with Crippen molar-refractivity contribution in [1.82, 2.24) is 10.3 Å². The fourth-order valence-electron chi connectivity index (χ4n) is 3.10. The lowest BCUT2D eigenvalue weighted by molar-refractivity contribution is -0.108. The summed E-state index contributed by atoms with van der Waals surface area (Å²) in [6, 6.07) is 18.0. The van der Waals surface area contributed by atoms with E-state index >= 15 is 0 Å². The zero-order chi connectivity index (χ0) is 19.2. The van der Waals surface area contributed by atoms with Crippen LogP contribution < -0.4 is 11.1 Å². The topological polar surface area (TPSA) is 80.4 Å². The van der Waals surface area contributed by atoms with Gasteiger partial charge in [-0.1, -0.05) is 68.8 Å². The van der Waals surface area contributed by atoms with Crippen LogP contribution in [0, 0.1) is 5.92 Å². The molecule has 0 fully saturated rings. The van der Waals surface area contributed by atoms with Gasteiger partial charge >= 0.3 is 0 Å². The van der Waals surface area contributed by atoms with Crippen molar-refractivity contribution < 1.29 is 4.79 Å². The molecule has 5 nitrogen and oxygen atoms in total. The maximum absolute atomic E-state index is 10.8. The number of pyridine rings is 1. The van der Waals surface area contributed by atoms with Gasteiger partial charge in [-0.05, 0) is 18.4 Å². The van der Waals surface area contributed by atoms with Gasteiger partial charge in [0.1, 0.15) is 0 Å². The Bertz CT molecular complexity index is 967. The molecule has 0 radical (unpaired) electrons. The van der Waals surface area contributed by atoms with Crippen LogP contribution in [-0.4, -0.2) is 17.4 Å². The molecule has 138 valence electrons. The number of hydrogen-bond acceptors (Lipinski definition) is 3. The van der Waals surface area contributed by atoms with Gasteiger partial charge in [-0.2, -0.15) is 0 Å². The first-order valence-corrected chi connectivity index (χ1v) is 9.15. The van der Waals surface area contributed by atoms with E-state index in [0.717, 1.165) is 46.3 Å². The number of nitrogens with two attached hydrogens (primary N) is 1. The molecule has 0 aliphatic heterocycles. The van der Waals surface area contributed by atoms with Gasteiger partial charge in [0.15, 0.2) is 5.96 Å². The van der Waals surface area contributed by atoms with E-state index in [2.05, 4.69) is 36.3 Å². The number of carbonyl (C=O) groups excluding carboxylic acids is 1. The van der Waals surface area contributed by atoms with Crippen molar-refractivity contribution in [3.8, 4) is 11.3 Å². The molecule has 1 unspecified atom stereocenters. The number of aromatic nitrogens is 1. The lowest BCUT2D eigenvalue weighted by atomic mass is 9.92. The minimum atomic E-state index is 0.0748. The highest BCUT2D eigenvalue weighted by molar-refractivity contribution is 5.99. The SMILES string of the molecule is CCC(C)Cc1c(-c2ccccc2)nc2ccccc2c1N=C(N)NC=O. The van der Waals surface area contributed by atoms with Crippen molar-refractivity contribution in [3.05, 3.63) is 60.2 Å².